The van der Waals surface area contributed by atoms with Crippen LogP contribution >= 0.6 is 0 Å². The number of carbonyl (C=O) groups excluding carboxylic acids is 1. The van der Waals surface area contributed by atoms with E-state index in [2.05, 4.69) is 47.1 Å². The number of methoxy groups -OCH3 is 3. The fourth-order valence-corrected chi connectivity index (χ4v) is 4.86. The first-order chi connectivity index (χ1) is 20.0. The number of imidazole rings is 1. The molecule has 3 aromatic carbocycles. The standard InChI is InChI=1S/C33H41N3O5/c1-24-15-17-26(18-16-24)41-21-11-10-20-36-28-13-8-7-12-27(28)35-31(36)14-6-5-9-19-34-33(37)25-22-29(38-2)32(40-4)30(23-25)39-3/h7-8,12-13,15-18,22-23H,5-6,9-11,14,19-21H2,1-4H3,(H,34,37). The Morgan fingerprint density at radius 2 is 1.59 bits per heavy atom. The average Bonchev–Trinajstić information content (AvgIpc) is 3.35. The fraction of sp³-hybridized carbons (Fsp3) is 0.394. The van der Waals surface area contributed by atoms with Crippen molar-refractivity contribution in [1.29, 1.82) is 0 Å². The largest absolute Gasteiger partial charge is 0.494 e. The van der Waals surface area contributed by atoms with Gasteiger partial charge in [0.05, 0.1) is 39.0 Å². The highest BCUT2D eigenvalue weighted by molar-refractivity contribution is 5.95. The molecule has 0 saturated carbocycles. The third-order valence-electron chi connectivity index (χ3n) is 7.09. The lowest BCUT2D eigenvalue weighted by molar-refractivity contribution is 0.0952. The number of unbranched alkanes of at least 4 members (excludes halogenated alkanes) is 3. The van der Waals surface area contributed by atoms with Crippen LogP contribution in [0.5, 0.6) is 23.0 Å². The van der Waals surface area contributed by atoms with E-state index in [1.54, 1.807) is 12.1 Å². The van der Waals surface area contributed by atoms with E-state index >= 15 is 0 Å². The molecule has 0 aliphatic carbocycles. The van der Waals surface area contributed by atoms with E-state index < -0.39 is 0 Å². The molecule has 4 rings (SSSR count). The molecule has 0 saturated heterocycles. The van der Waals surface area contributed by atoms with Crippen LogP contribution in [0, 0.1) is 6.92 Å². The molecule has 0 aliphatic rings. The molecule has 1 aromatic heterocycles. The van der Waals surface area contributed by atoms with Crippen LogP contribution in [0.2, 0.25) is 0 Å². The van der Waals surface area contributed by atoms with Gasteiger partial charge < -0.3 is 28.8 Å². The van der Waals surface area contributed by atoms with E-state index in [0.717, 1.165) is 62.2 Å². The van der Waals surface area contributed by atoms with Gasteiger partial charge in [0.1, 0.15) is 11.6 Å². The number of hydrogen-bond acceptors (Lipinski definition) is 6. The molecule has 8 heteroatoms. The Balaban J connectivity index is 1.23. The van der Waals surface area contributed by atoms with E-state index in [9.17, 15) is 4.79 Å². The summed E-state index contributed by atoms with van der Waals surface area (Å²) in [7, 11) is 4.61. The van der Waals surface area contributed by atoms with Crippen molar-refractivity contribution < 1.29 is 23.7 Å². The molecule has 1 heterocycles. The van der Waals surface area contributed by atoms with Crippen molar-refractivity contribution in [3.05, 3.63) is 77.6 Å². The molecule has 1 amide bonds. The summed E-state index contributed by atoms with van der Waals surface area (Å²) in [5.41, 5.74) is 3.92. The molecule has 0 unspecified atom stereocenters. The Kier molecular flexibility index (Phi) is 10.9. The van der Waals surface area contributed by atoms with Crippen molar-refractivity contribution in [2.24, 2.45) is 0 Å². The monoisotopic (exact) mass is 559 g/mol. The van der Waals surface area contributed by atoms with Crippen LogP contribution in [0.3, 0.4) is 0 Å². The van der Waals surface area contributed by atoms with Crippen LogP contribution in [0.15, 0.2) is 60.7 Å². The van der Waals surface area contributed by atoms with Crippen molar-refractivity contribution in [3.8, 4) is 23.0 Å². The molecular formula is C33H41N3O5. The zero-order chi connectivity index (χ0) is 29.0. The van der Waals surface area contributed by atoms with Gasteiger partial charge in [-0.05, 0) is 69.0 Å². The number of para-hydroxylation sites is 2. The van der Waals surface area contributed by atoms with Gasteiger partial charge in [0, 0.05) is 25.1 Å². The van der Waals surface area contributed by atoms with Crippen LogP contribution in [0.25, 0.3) is 11.0 Å². The molecule has 0 bridgehead atoms. The van der Waals surface area contributed by atoms with Gasteiger partial charge in [-0.15, -0.1) is 0 Å². The Hall–Kier alpha value is -4.20. The number of carbonyl (C=O) groups is 1. The predicted octanol–water partition coefficient (Wildman–Crippen LogP) is 6.37. The van der Waals surface area contributed by atoms with Crippen molar-refractivity contribution in [1.82, 2.24) is 14.9 Å². The van der Waals surface area contributed by atoms with Gasteiger partial charge in [0.2, 0.25) is 5.75 Å². The van der Waals surface area contributed by atoms with Crippen LogP contribution in [-0.4, -0.2) is 49.9 Å². The molecule has 0 aliphatic heterocycles. The van der Waals surface area contributed by atoms with E-state index in [1.807, 2.05) is 18.2 Å². The number of nitrogens with zero attached hydrogens (tertiary/aromatic N) is 2. The lowest BCUT2D eigenvalue weighted by Crippen LogP contribution is -2.24. The summed E-state index contributed by atoms with van der Waals surface area (Å²) in [5, 5.41) is 3.00. The highest BCUT2D eigenvalue weighted by Crippen LogP contribution is 2.38. The lowest BCUT2D eigenvalue weighted by Gasteiger charge is -2.14. The molecule has 0 fully saturated rings. The molecule has 41 heavy (non-hydrogen) atoms. The Labute approximate surface area is 242 Å². The zero-order valence-electron chi connectivity index (χ0n) is 24.6. The van der Waals surface area contributed by atoms with E-state index in [-0.39, 0.29) is 5.91 Å². The third kappa shape index (κ3) is 7.93. The summed E-state index contributed by atoms with van der Waals surface area (Å²) < 4.78 is 24.3. The zero-order valence-corrected chi connectivity index (χ0v) is 24.6. The molecule has 8 nitrogen and oxygen atoms in total. The van der Waals surface area contributed by atoms with Crippen molar-refractivity contribution in [2.75, 3.05) is 34.5 Å². The Bertz CT molecular complexity index is 1390. The van der Waals surface area contributed by atoms with Gasteiger partial charge in [-0.1, -0.05) is 36.2 Å². The molecule has 0 radical (unpaired) electrons. The summed E-state index contributed by atoms with van der Waals surface area (Å²) in [4.78, 5) is 17.7. The molecule has 218 valence electrons. The van der Waals surface area contributed by atoms with E-state index in [4.69, 9.17) is 23.9 Å². The maximum Gasteiger partial charge on any atom is 0.251 e. The third-order valence-corrected chi connectivity index (χ3v) is 7.09. The summed E-state index contributed by atoms with van der Waals surface area (Å²) in [6.07, 6.45) is 5.77. The summed E-state index contributed by atoms with van der Waals surface area (Å²) in [6, 6.07) is 19.8. The summed E-state index contributed by atoms with van der Waals surface area (Å²) in [6.45, 7) is 4.28. The maximum atomic E-state index is 12.7. The topological polar surface area (TPSA) is 83.8 Å². The van der Waals surface area contributed by atoms with Crippen LogP contribution in [0.4, 0.5) is 0 Å². The van der Waals surface area contributed by atoms with Gasteiger partial charge in [0.25, 0.3) is 5.91 Å². The summed E-state index contributed by atoms with van der Waals surface area (Å²) in [5.74, 6) is 3.25. The van der Waals surface area contributed by atoms with Crippen LogP contribution < -0.4 is 24.3 Å². The quantitative estimate of drug-likeness (QED) is 0.161. The molecule has 0 atom stereocenters. The fourth-order valence-electron chi connectivity index (χ4n) is 4.86. The van der Waals surface area contributed by atoms with E-state index in [1.165, 1.54) is 32.4 Å². The first kappa shape index (κ1) is 29.8. The smallest absolute Gasteiger partial charge is 0.251 e. The lowest BCUT2D eigenvalue weighted by atomic mass is 10.1. The molecule has 1 N–H and O–H groups in total. The number of fused-ring (bicyclic) bond motifs is 1. The normalized spacial score (nSPS) is 10.9. The van der Waals surface area contributed by atoms with Crippen molar-refractivity contribution in [3.63, 3.8) is 0 Å². The minimum atomic E-state index is -0.169. The average molecular weight is 560 g/mol. The minimum Gasteiger partial charge on any atom is -0.494 e. The number of amides is 1. The van der Waals surface area contributed by atoms with Gasteiger partial charge in [-0.2, -0.15) is 0 Å². The number of benzene rings is 3. The number of aryl methyl sites for hydroxylation is 3. The Morgan fingerprint density at radius 1 is 0.854 bits per heavy atom. The number of nitrogens with one attached hydrogen (secondary N) is 1. The van der Waals surface area contributed by atoms with E-state index in [0.29, 0.717) is 36.0 Å². The second-order valence-corrected chi connectivity index (χ2v) is 10.0. The van der Waals surface area contributed by atoms with Gasteiger partial charge >= 0.3 is 0 Å². The van der Waals surface area contributed by atoms with Crippen LogP contribution in [-0.2, 0) is 13.0 Å². The second-order valence-electron chi connectivity index (χ2n) is 10.0. The van der Waals surface area contributed by atoms with Gasteiger partial charge in [0.15, 0.2) is 11.5 Å². The minimum absolute atomic E-state index is 0.169. The number of rotatable bonds is 16. The number of hydrogen-bond donors (Lipinski definition) is 1. The summed E-state index contributed by atoms with van der Waals surface area (Å²) >= 11 is 0. The highest BCUT2D eigenvalue weighted by atomic mass is 16.5. The van der Waals surface area contributed by atoms with Crippen molar-refractivity contribution in [2.45, 2.75) is 52.0 Å². The first-order valence-electron chi connectivity index (χ1n) is 14.3. The van der Waals surface area contributed by atoms with Gasteiger partial charge in [-0.25, -0.2) is 4.98 Å². The SMILES string of the molecule is COc1cc(C(=O)NCCCCCc2nc3ccccc3n2CCCCOc2ccc(C)cc2)cc(OC)c1OC. The van der Waals surface area contributed by atoms with Crippen molar-refractivity contribution >= 4 is 16.9 Å². The van der Waals surface area contributed by atoms with Gasteiger partial charge in [-0.3, -0.25) is 4.79 Å². The predicted molar refractivity (Wildman–Crippen MR) is 162 cm³/mol. The molecule has 0 spiro atoms. The molecular weight excluding hydrogens is 518 g/mol. The highest BCUT2D eigenvalue weighted by Gasteiger charge is 2.17. The van der Waals surface area contributed by atoms with Crippen LogP contribution in [0.1, 0.15) is 53.8 Å². The molecule has 4 aromatic rings. The Morgan fingerprint density at radius 3 is 2.29 bits per heavy atom. The first-order valence-corrected chi connectivity index (χ1v) is 14.3. The maximum absolute atomic E-state index is 12.7. The number of aromatic nitrogens is 2. The second kappa shape index (κ2) is 15.0. The number of ether oxygens (including phenoxy) is 4.